The largest absolute Gasteiger partial charge is 0.355 e. The van der Waals surface area contributed by atoms with Gasteiger partial charge in [0, 0.05) is 32.7 Å². The van der Waals surface area contributed by atoms with Crippen molar-refractivity contribution >= 4 is 35.8 Å². The van der Waals surface area contributed by atoms with E-state index in [2.05, 4.69) is 40.0 Å². The Balaban J connectivity index is 0.00000312. The number of nitrogens with one attached hydrogen (secondary N) is 3. The molecule has 0 aromatic heterocycles. The summed E-state index contributed by atoms with van der Waals surface area (Å²) in [5.41, 5.74) is 4.24. The summed E-state index contributed by atoms with van der Waals surface area (Å²) in [4.78, 5) is 15.8. The van der Waals surface area contributed by atoms with Crippen LogP contribution in [0.5, 0.6) is 0 Å². The fraction of sp³-hybridized carbons (Fsp3) is 0.263. The Morgan fingerprint density at radius 2 is 1.64 bits per heavy atom. The van der Waals surface area contributed by atoms with Crippen LogP contribution in [0.15, 0.2) is 53.5 Å². The van der Waals surface area contributed by atoms with Gasteiger partial charge in [0.25, 0.3) is 5.91 Å². The number of aliphatic imine (C=N–C) groups is 1. The highest BCUT2D eigenvalue weighted by molar-refractivity contribution is 14.0. The Morgan fingerprint density at radius 3 is 2.24 bits per heavy atom. The Labute approximate surface area is 166 Å². The molecule has 0 fully saturated rings. The molecule has 0 atom stereocenters. The number of benzene rings is 2. The summed E-state index contributed by atoms with van der Waals surface area (Å²) < 4.78 is 0. The summed E-state index contributed by atoms with van der Waals surface area (Å²) in [5, 5.41) is 9.20. The molecule has 3 N–H and O–H groups in total. The Bertz CT molecular complexity index is 714. The molecule has 0 saturated carbocycles. The van der Waals surface area contributed by atoms with Crippen LogP contribution in [0.2, 0.25) is 0 Å². The number of guanidine groups is 1. The van der Waals surface area contributed by atoms with Crippen molar-refractivity contribution < 1.29 is 4.79 Å². The lowest BCUT2D eigenvalue weighted by atomic mass is 10.1. The first-order chi connectivity index (χ1) is 11.6. The van der Waals surface area contributed by atoms with E-state index in [1.165, 1.54) is 11.1 Å². The lowest BCUT2D eigenvalue weighted by Crippen LogP contribution is -2.36. The number of halogens is 1. The number of hydrogen-bond donors (Lipinski definition) is 3. The van der Waals surface area contributed by atoms with Gasteiger partial charge in [0.2, 0.25) is 0 Å². The molecule has 2 rings (SSSR count). The average molecular weight is 452 g/mol. The van der Waals surface area contributed by atoms with Gasteiger partial charge in [-0.2, -0.15) is 0 Å². The van der Waals surface area contributed by atoms with E-state index in [1.54, 1.807) is 14.1 Å². The minimum Gasteiger partial charge on any atom is -0.355 e. The third-order valence-electron chi connectivity index (χ3n) is 3.83. The summed E-state index contributed by atoms with van der Waals surface area (Å²) in [7, 11) is 3.38. The highest BCUT2D eigenvalue weighted by Gasteiger charge is 2.04. The van der Waals surface area contributed by atoms with Crippen LogP contribution >= 0.6 is 24.0 Å². The van der Waals surface area contributed by atoms with Gasteiger partial charge in [0.1, 0.15) is 0 Å². The maximum atomic E-state index is 11.5. The molecule has 0 aliphatic rings. The number of carbonyl (C=O) groups is 1. The van der Waals surface area contributed by atoms with Gasteiger partial charge < -0.3 is 16.0 Å². The zero-order valence-corrected chi connectivity index (χ0v) is 17.1. The standard InChI is InChI=1S/C19H24N4O.HI/c1-14-6-4-5-7-17(14)13-23-19(21-3)22-12-15-8-10-16(11-9-15)18(24)20-2;/h4-11H,12-13H2,1-3H3,(H,20,24)(H2,21,22,23);1H. The normalized spacial score (nSPS) is 10.6. The van der Waals surface area contributed by atoms with Gasteiger partial charge in [0.15, 0.2) is 5.96 Å². The molecule has 0 spiro atoms. The monoisotopic (exact) mass is 452 g/mol. The first-order valence-electron chi connectivity index (χ1n) is 7.94. The molecule has 6 heteroatoms. The molecule has 2 aromatic rings. The minimum absolute atomic E-state index is 0. The predicted molar refractivity (Wildman–Crippen MR) is 113 cm³/mol. The second kappa shape index (κ2) is 10.7. The number of carbonyl (C=O) groups excluding carboxylic acids is 1. The second-order valence-corrected chi connectivity index (χ2v) is 5.48. The number of amides is 1. The van der Waals surface area contributed by atoms with Gasteiger partial charge in [-0.15, -0.1) is 24.0 Å². The molecule has 0 bridgehead atoms. The van der Waals surface area contributed by atoms with Gasteiger partial charge in [-0.1, -0.05) is 36.4 Å². The lowest BCUT2D eigenvalue weighted by molar-refractivity contribution is 0.0963. The molecular weight excluding hydrogens is 427 g/mol. The minimum atomic E-state index is -0.0785. The summed E-state index contributed by atoms with van der Waals surface area (Å²) in [5.74, 6) is 0.666. The van der Waals surface area contributed by atoms with E-state index in [9.17, 15) is 4.79 Å². The van der Waals surface area contributed by atoms with Crippen LogP contribution < -0.4 is 16.0 Å². The smallest absolute Gasteiger partial charge is 0.251 e. The van der Waals surface area contributed by atoms with Crippen LogP contribution in [0.3, 0.4) is 0 Å². The fourth-order valence-electron chi connectivity index (χ4n) is 2.31. The Morgan fingerprint density at radius 1 is 1.00 bits per heavy atom. The SMILES string of the molecule is CN=C(NCc1ccc(C(=O)NC)cc1)NCc1ccccc1C.I. The second-order valence-electron chi connectivity index (χ2n) is 5.48. The first kappa shape index (κ1) is 21.0. The van der Waals surface area contributed by atoms with E-state index < -0.39 is 0 Å². The number of nitrogens with zero attached hydrogens (tertiary/aromatic N) is 1. The third kappa shape index (κ3) is 6.38. The van der Waals surface area contributed by atoms with E-state index in [0.717, 1.165) is 18.1 Å². The first-order valence-corrected chi connectivity index (χ1v) is 7.94. The van der Waals surface area contributed by atoms with E-state index in [4.69, 9.17) is 0 Å². The summed E-state index contributed by atoms with van der Waals surface area (Å²) in [6.07, 6.45) is 0. The van der Waals surface area contributed by atoms with Gasteiger partial charge in [-0.05, 0) is 35.7 Å². The number of hydrogen-bond acceptors (Lipinski definition) is 2. The van der Waals surface area contributed by atoms with Crippen molar-refractivity contribution in [3.63, 3.8) is 0 Å². The van der Waals surface area contributed by atoms with Crippen molar-refractivity contribution in [2.75, 3.05) is 14.1 Å². The maximum Gasteiger partial charge on any atom is 0.251 e. The maximum absolute atomic E-state index is 11.5. The highest BCUT2D eigenvalue weighted by atomic mass is 127. The molecule has 0 heterocycles. The van der Waals surface area contributed by atoms with Gasteiger partial charge in [0.05, 0.1) is 0 Å². The molecule has 0 saturated heterocycles. The lowest BCUT2D eigenvalue weighted by Gasteiger charge is -2.13. The van der Waals surface area contributed by atoms with Crippen LogP contribution in [0.25, 0.3) is 0 Å². The van der Waals surface area contributed by atoms with Crippen molar-refractivity contribution in [2.24, 2.45) is 4.99 Å². The van der Waals surface area contributed by atoms with Crippen LogP contribution in [0.4, 0.5) is 0 Å². The third-order valence-corrected chi connectivity index (χ3v) is 3.83. The van der Waals surface area contributed by atoms with E-state index >= 15 is 0 Å². The van der Waals surface area contributed by atoms with Crippen LogP contribution in [0.1, 0.15) is 27.0 Å². The van der Waals surface area contributed by atoms with Crippen molar-refractivity contribution in [1.29, 1.82) is 0 Å². The molecule has 0 unspecified atom stereocenters. The zero-order chi connectivity index (χ0) is 17.4. The molecule has 25 heavy (non-hydrogen) atoms. The molecule has 5 nitrogen and oxygen atoms in total. The van der Waals surface area contributed by atoms with Crippen molar-refractivity contribution in [1.82, 2.24) is 16.0 Å². The van der Waals surface area contributed by atoms with E-state index in [-0.39, 0.29) is 29.9 Å². The van der Waals surface area contributed by atoms with Crippen molar-refractivity contribution in [2.45, 2.75) is 20.0 Å². The van der Waals surface area contributed by atoms with Crippen molar-refractivity contribution in [3.8, 4) is 0 Å². The van der Waals surface area contributed by atoms with Crippen LogP contribution in [0, 0.1) is 6.92 Å². The molecule has 1 amide bonds. The summed E-state index contributed by atoms with van der Waals surface area (Å²) in [6, 6.07) is 15.8. The summed E-state index contributed by atoms with van der Waals surface area (Å²) >= 11 is 0. The number of rotatable bonds is 5. The molecule has 0 radical (unpaired) electrons. The van der Waals surface area contributed by atoms with Crippen LogP contribution in [-0.2, 0) is 13.1 Å². The Kier molecular flexibility index (Phi) is 8.98. The zero-order valence-electron chi connectivity index (χ0n) is 14.8. The predicted octanol–water partition coefficient (Wildman–Crippen LogP) is 2.84. The topological polar surface area (TPSA) is 65.5 Å². The van der Waals surface area contributed by atoms with Crippen LogP contribution in [-0.4, -0.2) is 26.0 Å². The van der Waals surface area contributed by atoms with Gasteiger partial charge in [-0.3, -0.25) is 9.79 Å². The molecule has 2 aromatic carbocycles. The average Bonchev–Trinajstić information content (AvgIpc) is 2.63. The quantitative estimate of drug-likeness (QED) is 0.372. The Hall–Kier alpha value is -2.09. The highest BCUT2D eigenvalue weighted by Crippen LogP contribution is 2.06. The van der Waals surface area contributed by atoms with Crippen molar-refractivity contribution in [3.05, 3.63) is 70.8 Å². The fourth-order valence-corrected chi connectivity index (χ4v) is 2.31. The molecule has 0 aliphatic carbocycles. The number of aryl methyl sites for hydroxylation is 1. The summed E-state index contributed by atoms with van der Waals surface area (Å²) in [6.45, 7) is 3.46. The van der Waals surface area contributed by atoms with Gasteiger partial charge >= 0.3 is 0 Å². The molecular formula is C19H25IN4O. The molecule has 134 valence electrons. The van der Waals surface area contributed by atoms with Gasteiger partial charge in [-0.25, -0.2) is 0 Å². The van der Waals surface area contributed by atoms with E-state index in [0.29, 0.717) is 12.1 Å². The molecule has 0 aliphatic heterocycles. The van der Waals surface area contributed by atoms with E-state index in [1.807, 2.05) is 36.4 Å².